The lowest BCUT2D eigenvalue weighted by Crippen LogP contribution is -2.44. The van der Waals surface area contributed by atoms with Gasteiger partial charge in [0.05, 0.1) is 0 Å². The van der Waals surface area contributed by atoms with Gasteiger partial charge < -0.3 is 18.9 Å². The van der Waals surface area contributed by atoms with Crippen LogP contribution in [0.1, 0.15) is 47.9 Å². The van der Waals surface area contributed by atoms with Gasteiger partial charge in [-0.1, -0.05) is 121 Å². The monoisotopic (exact) mass is 664 g/mol. The van der Waals surface area contributed by atoms with Crippen molar-refractivity contribution in [3.8, 4) is 0 Å². The zero-order valence-electron chi connectivity index (χ0n) is 27.8. The average molecular weight is 665 g/mol. The third-order valence-corrected chi connectivity index (χ3v) is 8.00. The summed E-state index contributed by atoms with van der Waals surface area (Å²) >= 11 is 0. The van der Waals surface area contributed by atoms with Gasteiger partial charge in [0.15, 0.2) is 0 Å². The summed E-state index contributed by atoms with van der Waals surface area (Å²) in [5.41, 5.74) is 2.61. The van der Waals surface area contributed by atoms with Crippen LogP contribution in [0.5, 0.6) is 0 Å². The molecule has 0 radical (unpaired) electrons. The van der Waals surface area contributed by atoms with Crippen LogP contribution < -0.4 is 0 Å². The minimum atomic E-state index is -1.32. The SMILES string of the molecule is O=C(CCc1ccccc1)OCC(COC(=O)CCc1ccccc1)(COC(=O)CCc1ccccc1)COC(=O)CCc1ccccc1. The highest BCUT2D eigenvalue weighted by Gasteiger charge is 2.38. The number of carbonyl (C=O) groups excluding carboxylic acids is 4. The van der Waals surface area contributed by atoms with Gasteiger partial charge in [-0.2, -0.15) is 0 Å². The summed E-state index contributed by atoms with van der Waals surface area (Å²) < 4.78 is 22.8. The first-order valence-electron chi connectivity index (χ1n) is 16.7. The van der Waals surface area contributed by atoms with Crippen LogP contribution in [0, 0.1) is 5.41 Å². The Morgan fingerprint density at radius 2 is 0.551 bits per heavy atom. The quantitative estimate of drug-likeness (QED) is 0.0762. The zero-order chi connectivity index (χ0) is 34.6. The molecule has 4 rings (SSSR count). The number of benzene rings is 4. The molecule has 0 unspecified atom stereocenters. The maximum Gasteiger partial charge on any atom is 0.306 e. The summed E-state index contributed by atoms with van der Waals surface area (Å²) in [5, 5.41) is 0. The number of ether oxygens (including phenoxy) is 4. The summed E-state index contributed by atoms with van der Waals surface area (Å²) in [6, 6.07) is 38.2. The molecule has 0 aliphatic carbocycles. The predicted molar refractivity (Wildman–Crippen MR) is 185 cm³/mol. The van der Waals surface area contributed by atoms with Crippen molar-refractivity contribution < 1.29 is 38.1 Å². The van der Waals surface area contributed by atoms with Crippen molar-refractivity contribution in [2.24, 2.45) is 5.41 Å². The van der Waals surface area contributed by atoms with Crippen LogP contribution in [0.25, 0.3) is 0 Å². The van der Waals surface area contributed by atoms with Crippen molar-refractivity contribution in [3.05, 3.63) is 144 Å². The summed E-state index contributed by atoms with van der Waals surface area (Å²) in [5.74, 6) is -1.91. The molecule has 0 amide bonds. The van der Waals surface area contributed by atoms with Crippen LogP contribution in [0.4, 0.5) is 0 Å². The molecule has 0 aliphatic rings. The molecular weight excluding hydrogens is 620 g/mol. The number of rotatable bonds is 20. The van der Waals surface area contributed by atoms with Crippen molar-refractivity contribution >= 4 is 23.9 Å². The van der Waals surface area contributed by atoms with Gasteiger partial charge >= 0.3 is 23.9 Å². The number of aryl methyl sites for hydroxylation is 4. The van der Waals surface area contributed by atoms with Crippen LogP contribution in [0.15, 0.2) is 121 Å². The van der Waals surface area contributed by atoms with E-state index in [4.69, 9.17) is 18.9 Å². The van der Waals surface area contributed by atoms with E-state index < -0.39 is 29.3 Å². The van der Waals surface area contributed by atoms with Crippen LogP contribution in [-0.4, -0.2) is 50.3 Å². The van der Waals surface area contributed by atoms with Gasteiger partial charge in [-0.15, -0.1) is 0 Å². The molecule has 49 heavy (non-hydrogen) atoms. The molecule has 0 N–H and O–H groups in total. The Hall–Kier alpha value is -5.24. The first-order valence-corrected chi connectivity index (χ1v) is 16.7. The molecular formula is C41H44O8. The minimum Gasteiger partial charge on any atom is -0.465 e. The van der Waals surface area contributed by atoms with Gasteiger partial charge in [-0.3, -0.25) is 19.2 Å². The highest BCUT2D eigenvalue weighted by atomic mass is 16.6. The second-order valence-corrected chi connectivity index (χ2v) is 12.1. The van der Waals surface area contributed by atoms with Gasteiger partial charge in [-0.25, -0.2) is 0 Å². The second-order valence-electron chi connectivity index (χ2n) is 12.1. The fourth-order valence-corrected chi connectivity index (χ4v) is 5.04. The minimum absolute atomic E-state index is 0.116. The first-order chi connectivity index (χ1) is 23.9. The molecule has 0 aliphatic heterocycles. The first kappa shape index (κ1) is 36.6. The third kappa shape index (κ3) is 14.2. The van der Waals surface area contributed by atoms with E-state index in [1.54, 1.807) is 0 Å². The van der Waals surface area contributed by atoms with Crippen LogP contribution in [-0.2, 0) is 63.8 Å². The summed E-state index contributed by atoms with van der Waals surface area (Å²) in [6.45, 7) is -1.15. The van der Waals surface area contributed by atoms with Crippen molar-refractivity contribution in [3.63, 3.8) is 0 Å². The third-order valence-electron chi connectivity index (χ3n) is 8.00. The maximum absolute atomic E-state index is 12.9. The van der Waals surface area contributed by atoms with Gasteiger partial charge in [0, 0.05) is 25.7 Å². The molecule has 8 heteroatoms. The van der Waals surface area contributed by atoms with Gasteiger partial charge in [0.2, 0.25) is 0 Å². The van der Waals surface area contributed by atoms with Crippen molar-refractivity contribution in [2.45, 2.75) is 51.4 Å². The molecule has 0 aromatic heterocycles. The van der Waals surface area contributed by atoms with Gasteiger partial charge in [-0.05, 0) is 47.9 Å². The molecule has 0 heterocycles. The Bertz CT molecular complexity index is 1330. The Balaban J connectivity index is 1.44. The molecule has 4 aromatic carbocycles. The molecule has 0 fully saturated rings. The average Bonchev–Trinajstić information content (AvgIpc) is 3.15. The van der Waals surface area contributed by atoms with Crippen LogP contribution in [0.3, 0.4) is 0 Å². The number of hydrogen-bond donors (Lipinski definition) is 0. The standard InChI is InChI=1S/C41H44O8/c42-37(25-21-33-13-5-1-6-14-33)46-29-41(30-47-38(43)26-22-34-15-7-2-8-16-34,31-48-39(44)27-23-35-17-9-3-10-18-35)32-49-40(45)28-24-36-19-11-4-12-20-36/h1-20H,21-32H2. The highest BCUT2D eigenvalue weighted by molar-refractivity contribution is 5.71. The van der Waals surface area contributed by atoms with E-state index in [1.807, 2.05) is 121 Å². The number of hydrogen-bond acceptors (Lipinski definition) is 8. The van der Waals surface area contributed by atoms with Crippen LogP contribution >= 0.6 is 0 Å². The van der Waals surface area contributed by atoms with E-state index in [0.717, 1.165) is 22.3 Å². The van der Waals surface area contributed by atoms with Crippen molar-refractivity contribution in [2.75, 3.05) is 26.4 Å². The van der Waals surface area contributed by atoms with E-state index in [2.05, 4.69) is 0 Å². The maximum atomic E-state index is 12.9. The Labute approximate surface area is 288 Å². The summed E-state index contributed by atoms with van der Waals surface area (Å²) in [7, 11) is 0. The molecule has 8 nitrogen and oxygen atoms in total. The topological polar surface area (TPSA) is 105 Å². The lowest BCUT2D eigenvalue weighted by Gasteiger charge is -2.31. The Kier molecular flexibility index (Phi) is 15.1. The van der Waals surface area contributed by atoms with Gasteiger partial charge in [0.25, 0.3) is 0 Å². The molecule has 256 valence electrons. The Morgan fingerprint density at radius 3 is 0.755 bits per heavy atom. The number of carbonyl (C=O) groups is 4. The molecule has 0 spiro atoms. The predicted octanol–water partition coefficient (Wildman–Crippen LogP) is 6.68. The zero-order valence-corrected chi connectivity index (χ0v) is 27.8. The fourth-order valence-electron chi connectivity index (χ4n) is 5.04. The van der Waals surface area contributed by atoms with Crippen molar-refractivity contribution in [1.29, 1.82) is 0 Å². The van der Waals surface area contributed by atoms with E-state index in [0.29, 0.717) is 25.7 Å². The normalized spacial score (nSPS) is 10.9. The molecule has 4 aromatic rings. The number of esters is 4. The lowest BCUT2D eigenvalue weighted by molar-refractivity contribution is -0.170. The largest absolute Gasteiger partial charge is 0.465 e. The summed E-state index contributed by atoms with van der Waals surface area (Å²) in [4.78, 5) is 51.6. The second kappa shape index (κ2) is 20.2. The molecule has 0 saturated heterocycles. The molecule has 0 bridgehead atoms. The van der Waals surface area contributed by atoms with Crippen LogP contribution in [0.2, 0.25) is 0 Å². The van der Waals surface area contributed by atoms with E-state index in [9.17, 15) is 19.2 Å². The van der Waals surface area contributed by atoms with E-state index >= 15 is 0 Å². The lowest BCUT2D eigenvalue weighted by atomic mass is 9.92. The van der Waals surface area contributed by atoms with E-state index in [1.165, 1.54) is 0 Å². The highest BCUT2D eigenvalue weighted by Crippen LogP contribution is 2.23. The molecule has 0 saturated carbocycles. The fraction of sp³-hybridized carbons (Fsp3) is 0.317. The Morgan fingerprint density at radius 1 is 0.347 bits per heavy atom. The van der Waals surface area contributed by atoms with Gasteiger partial charge in [0.1, 0.15) is 31.8 Å². The summed E-state index contributed by atoms with van der Waals surface area (Å²) in [6.07, 6.45) is 2.37. The van der Waals surface area contributed by atoms with E-state index in [-0.39, 0.29) is 52.1 Å². The van der Waals surface area contributed by atoms with Crippen molar-refractivity contribution in [1.82, 2.24) is 0 Å². The smallest absolute Gasteiger partial charge is 0.306 e. The molecule has 0 atom stereocenters.